The number of primary amides is 1. The number of hydrogen-bond donors (Lipinski definition) is 2. The first-order chi connectivity index (χ1) is 9.62. The molecule has 1 aromatic rings. The van der Waals surface area contributed by atoms with Gasteiger partial charge in [0, 0.05) is 0 Å². The summed E-state index contributed by atoms with van der Waals surface area (Å²) in [5.41, 5.74) is 7.05. The quantitative estimate of drug-likeness (QED) is 0.877. The second kappa shape index (κ2) is 4.93. The van der Waals surface area contributed by atoms with Gasteiger partial charge in [-0.1, -0.05) is 37.1 Å². The van der Waals surface area contributed by atoms with Crippen LogP contribution in [0.5, 0.6) is 0 Å². The second-order valence-corrected chi connectivity index (χ2v) is 5.93. The average Bonchev–Trinajstić information content (AvgIpc) is 3.05. The zero-order valence-corrected chi connectivity index (χ0v) is 11.5. The van der Waals surface area contributed by atoms with E-state index in [4.69, 9.17) is 5.73 Å². The molecule has 0 spiro atoms. The summed E-state index contributed by atoms with van der Waals surface area (Å²) in [7, 11) is 0. The minimum atomic E-state index is -0.811. The maximum atomic E-state index is 12.6. The van der Waals surface area contributed by atoms with Gasteiger partial charge in [0.05, 0.1) is 5.92 Å². The lowest BCUT2D eigenvalue weighted by Crippen LogP contribution is -2.56. The van der Waals surface area contributed by atoms with E-state index in [0.717, 1.165) is 31.2 Å². The molecule has 0 heterocycles. The van der Waals surface area contributed by atoms with Crippen molar-refractivity contribution in [2.75, 3.05) is 0 Å². The van der Waals surface area contributed by atoms with E-state index < -0.39 is 11.4 Å². The number of hydrogen-bond acceptors (Lipinski definition) is 2. The molecule has 3 rings (SSSR count). The lowest BCUT2D eigenvalue weighted by Gasteiger charge is -2.28. The highest BCUT2D eigenvalue weighted by atomic mass is 16.2. The molecule has 1 saturated carbocycles. The minimum absolute atomic E-state index is 0.0457. The highest BCUT2D eigenvalue weighted by Gasteiger charge is 2.42. The molecule has 4 nitrogen and oxygen atoms in total. The summed E-state index contributed by atoms with van der Waals surface area (Å²) in [6, 6.07) is 8.05. The third-order valence-corrected chi connectivity index (χ3v) is 4.74. The number of rotatable bonds is 3. The number of aryl methyl sites for hydroxylation is 1. The predicted octanol–water partition coefficient (Wildman–Crippen LogP) is 1.63. The molecule has 0 saturated heterocycles. The summed E-state index contributed by atoms with van der Waals surface area (Å²) >= 11 is 0. The molecule has 1 fully saturated rings. The van der Waals surface area contributed by atoms with Gasteiger partial charge >= 0.3 is 0 Å². The van der Waals surface area contributed by atoms with Crippen molar-refractivity contribution in [1.82, 2.24) is 5.32 Å². The van der Waals surface area contributed by atoms with E-state index in [-0.39, 0.29) is 11.8 Å². The van der Waals surface area contributed by atoms with Gasteiger partial charge < -0.3 is 11.1 Å². The molecule has 0 aliphatic heterocycles. The first-order valence-electron chi connectivity index (χ1n) is 7.32. The summed E-state index contributed by atoms with van der Waals surface area (Å²) in [6.07, 6.45) is 4.98. The van der Waals surface area contributed by atoms with Crippen molar-refractivity contribution in [3.8, 4) is 0 Å². The van der Waals surface area contributed by atoms with Crippen LogP contribution in [0.4, 0.5) is 0 Å². The Balaban J connectivity index is 1.79. The average molecular weight is 272 g/mol. The van der Waals surface area contributed by atoms with Crippen molar-refractivity contribution >= 4 is 11.8 Å². The SMILES string of the molecule is NC(=O)C1(NC(=O)[C@H]2CCc3ccccc32)CCCC1. The molecule has 2 aliphatic rings. The van der Waals surface area contributed by atoms with Crippen LogP contribution < -0.4 is 11.1 Å². The third kappa shape index (κ3) is 2.09. The fourth-order valence-electron chi connectivity index (χ4n) is 3.56. The highest BCUT2D eigenvalue weighted by Crippen LogP contribution is 2.35. The van der Waals surface area contributed by atoms with Crippen molar-refractivity contribution in [3.63, 3.8) is 0 Å². The number of nitrogens with one attached hydrogen (secondary N) is 1. The Morgan fingerprint density at radius 2 is 1.90 bits per heavy atom. The number of benzene rings is 1. The lowest BCUT2D eigenvalue weighted by atomic mass is 9.93. The molecule has 2 aliphatic carbocycles. The number of nitrogens with two attached hydrogens (primary N) is 1. The van der Waals surface area contributed by atoms with E-state index in [2.05, 4.69) is 11.4 Å². The van der Waals surface area contributed by atoms with E-state index in [1.807, 2.05) is 18.2 Å². The number of carbonyl (C=O) groups excluding carboxylic acids is 2. The third-order valence-electron chi connectivity index (χ3n) is 4.74. The first kappa shape index (κ1) is 13.2. The fourth-order valence-corrected chi connectivity index (χ4v) is 3.56. The van der Waals surface area contributed by atoms with Gasteiger partial charge in [0.2, 0.25) is 11.8 Å². The number of fused-ring (bicyclic) bond motifs is 1. The Kier molecular flexibility index (Phi) is 3.24. The monoisotopic (exact) mass is 272 g/mol. The molecule has 4 heteroatoms. The van der Waals surface area contributed by atoms with Gasteiger partial charge in [-0.2, -0.15) is 0 Å². The topological polar surface area (TPSA) is 72.2 Å². The van der Waals surface area contributed by atoms with Crippen LogP contribution in [-0.2, 0) is 16.0 Å². The van der Waals surface area contributed by atoms with Gasteiger partial charge in [0.15, 0.2) is 0 Å². The first-order valence-corrected chi connectivity index (χ1v) is 7.32. The molecule has 0 radical (unpaired) electrons. The molecule has 2 amide bonds. The molecule has 0 aromatic heterocycles. The maximum Gasteiger partial charge on any atom is 0.243 e. The van der Waals surface area contributed by atoms with Crippen LogP contribution in [0.1, 0.15) is 49.1 Å². The zero-order chi connectivity index (χ0) is 14.2. The Labute approximate surface area is 118 Å². The normalized spacial score (nSPS) is 23.3. The van der Waals surface area contributed by atoms with E-state index in [0.29, 0.717) is 12.8 Å². The summed E-state index contributed by atoms with van der Waals surface area (Å²) in [4.78, 5) is 24.3. The van der Waals surface area contributed by atoms with Crippen LogP contribution in [0.25, 0.3) is 0 Å². The van der Waals surface area contributed by atoms with Gasteiger partial charge in [-0.15, -0.1) is 0 Å². The van der Waals surface area contributed by atoms with Crippen LogP contribution >= 0.6 is 0 Å². The van der Waals surface area contributed by atoms with E-state index >= 15 is 0 Å². The molecule has 106 valence electrons. The van der Waals surface area contributed by atoms with Crippen molar-refractivity contribution < 1.29 is 9.59 Å². The van der Waals surface area contributed by atoms with Crippen molar-refractivity contribution in [1.29, 1.82) is 0 Å². The minimum Gasteiger partial charge on any atom is -0.368 e. The van der Waals surface area contributed by atoms with Crippen LogP contribution in [0.3, 0.4) is 0 Å². The highest BCUT2D eigenvalue weighted by molar-refractivity contribution is 5.93. The van der Waals surface area contributed by atoms with Crippen LogP contribution in [0.2, 0.25) is 0 Å². The largest absolute Gasteiger partial charge is 0.368 e. The molecule has 1 atom stereocenters. The van der Waals surface area contributed by atoms with Crippen LogP contribution in [-0.4, -0.2) is 17.4 Å². The van der Waals surface area contributed by atoms with Gasteiger partial charge in [0.25, 0.3) is 0 Å². The molecule has 0 bridgehead atoms. The molecule has 1 aromatic carbocycles. The predicted molar refractivity (Wildman–Crippen MR) is 76.0 cm³/mol. The van der Waals surface area contributed by atoms with E-state index in [9.17, 15) is 9.59 Å². The molecular weight excluding hydrogens is 252 g/mol. The zero-order valence-electron chi connectivity index (χ0n) is 11.5. The van der Waals surface area contributed by atoms with Gasteiger partial charge in [-0.3, -0.25) is 9.59 Å². The summed E-state index contributed by atoms with van der Waals surface area (Å²) in [5, 5.41) is 2.96. The summed E-state index contributed by atoms with van der Waals surface area (Å²) < 4.78 is 0. The fraction of sp³-hybridized carbons (Fsp3) is 0.500. The Morgan fingerprint density at radius 3 is 2.60 bits per heavy atom. The van der Waals surface area contributed by atoms with Gasteiger partial charge in [-0.25, -0.2) is 0 Å². The molecule has 0 unspecified atom stereocenters. The van der Waals surface area contributed by atoms with E-state index in [1.165, 1.54) is 5.56 Å². The van der Waals surface area contributed by atoms with Crippen molar-refractivity contribution in [2.24, 2.45) is 5.73 Å². The van der Waals surface area contributed by atoms with Crippen LogP contribution in [0, 0.1) is 0 Å². The number of carbonyl (C=O) groups is 2. The van der Waals surface area contributed by atoms with Gasteiger partial charge in [0.1, 0.15) is 5.54 Å². The summed E-state index contributed by atoms with van der Waals surface area (Å²) in [6.45, 7) is 0. The van der Waals surface area contributed by atoms with E-state index in [1.54, 1.807) is 0 Å². The number of amides is 2. The second-order valence-electron chi connectivity index (χ2n) is 5.93. The summed E-state index contributed by atoms with van der Waals surface area (Å²) in [5.74, 6) is -0.576. The van der Waals surface area contributed by atoms with Gasteiger partial charge in [-0.05, 0) is 36.8 Å². The molecule has 3 N–H and O–H groups in total. The van der Waals surface area contributed by atoms with Crippen molar-refractivity contribution in [2.45, 2.75) is 50.0 Å². The Bertz CT molecular complexity index is 547. The smallest absolute Gasteiger partial charge is 0.243 e. The molecular formula is C16H20N2O2. The van der Waals surface area contributed by atoms with Crippen LogP contribution in [0.15, 0.2) is 24.3 Å². The Hall–Kier alpha value is -1.84. The molecule has 20 heavy (non-hydrogen) atoms. The van der Waals surface area contributed by atoms with Crippen molar-refractivity contribution in [3.05, 3.63) is 35.4 Å². The lowest BCUT2D eigenvalue weighted by molar-refractivity contribution is -0.132. The standard InChI is InChI=1S/C16H20N2O2/c17-15(20)16(9-3-4-10-16)18-14(19)13-8-7-11-5-1-2-6-12(11)13/h1-2,5-6,13H,3-4,7-10H2,(H2,17,20)(H,18,19)/t13-/m0/s1. The Morgan fingerprint density at radius 1 is 1.20 bits per heavy atom. The maximum absolute atomic E-state index is 12.6.